The molecule has 1 aromatic heterocycles. The topological polar surface area (TPSA) is 64.4 Å². The van der Waals surface area contributed by atoms with Gasteiger partial charge in [0.05, 0.1) is 18.1 Å². The van der Waals surface area contributed by atoms with Crippen LogP contribution in [0.3, 0.4) is 0 Å². The average molecular weight is 292 g/mol. The number of anilines is 1. The normalized spacial score (nSPS) is 11.9. The van der Waals surface area contributed by atoms with E-state index in [0.29, 0.717) is 5.88 Å². The van der Waals surface area contributed by atoms with Gasteiger partial charge in [0.1, 0.15) is 5.75 Å². The van der Waals surface area contributed by atoms with E-state index in [0.717, 1.165) is 16.3 Å². The van der Waals surface area contributed by atoms with Crippen LogP contribution in [0.2, 0.25) is 0 Å². The zero-order chi connectivity index (χ0) is 14.5. The molecule has 0 fully saturated rings. The lowest BCUT2D eigenvalue weighted by Crippen LogP contribution is -2.22. The Balaban J connectivity index is 1.96. The molecule has 0 unspecified atom stereocenters. The molecule has 1 N–H and O–H groups in total. The fourth-order valence-corrected chi connectivity index (χ4v) is 2.49. The fourth-order valence-electron chi connectivity index (χ4n) is 1.58. The van der Waals surface area contributed by atoms with Gasteiger partial charge in [-0.15, -0.1) is 11.8 Å². The number of aryl methyl sites for hydroxylation is 1. The third kappa shape index (κ3) is 3.77. The van der Waals surface area contributed by atoms with Gasteiger partial charge in [-0.05, 0) is 32.0 Å². The number of thioether (sulfide) groups is 1. The van der Waals surface area contributed by atoms with E-state index in [4.69, 9.17) is 9.26 Å². The SMILES string of the molecule is COc1cccc(S[C@@H](C)C(=O)Nc2cc(C)no2)c1. The highest BCUT2D eigenvalue weighted by Crippen LogP contribution is 2.27. The number of rotatable bonds is 5. The lowest BCUT2D eigenvalue weighted by atomic mass is 10.3. The number of hydrogen-bond acceptors (Lipinski definition) is 5. The third-order valence-electron chi connectivity index (χ3n) is 2.60. The maximum absolute atomic E-state index is 12.0. The molecule has 20 heavy (non-hydrogen) atoms. The summed E-state index contributed by atoms with van der Waals surface area (Å²) in [6.45, 7) is 3.64. The molecule has 0 bridgehead atoms. The highest BCUT2D eigenvalue weighted by Gasteiger charge is 2.16. The second-order valence-electron chi connectivity index (χ2n) is 4.26. The maximum atomic E-state index is 12.0. The summed E-state index contributed by atoms with van der Waals surface area (Å²) in [5.41, 5.74) is 0.730. The van der Waals surface area contributed by atoms with Gasteiger partial charge in [-0.2, -0.15) is 0 Å². The molecule has 1 atom stereocenters. The number of hydrogen-bond donors (Lipinski definition) is 1. The van der Waals surface area contributed by atoms with Crippen molar-refractivity contribution < 1.29 is 14.1 Å². The number of aromatic nitrogens is 1. The second-order valence-corrected chi connectivity index (χ2v) is 5.68. The molecule has 0 radical (unpaired) electrons. The van der Waals surface area contributed by atoms with Gasteiger partial charge in [0.15, 0.2) is 0 Å². The van der Waals surface area contributed by atoms with E-state index in [1.54, 1.807) is 20.1 Å². The van der Waals surface area contributed by atoms with Crippen molar-refractivity contribution in [2.45, 2.75) is 24.0 Å². The molecule has 0 saturated carbocycles. The number of ether oxygens (including phenoxy) is 1. The predicted octanol–water partition coefficient (Wildman–Crippen LogP) is 3.11. The standard InChI is InChI=1S/C14H16N2O3S/c1-9-7-13(19-16-9)15-14(17)10(2)20-12-6-4-5-11(8-12)18-3/h4-8,10H,1-3H3,(H,15,17)/t10-/m0/s1. The number of carbonyl (C=O) groups is 1. The van der Waals surface area contributed by atoms with Crippen LogP contribution in [0.5, 0.6) is 5.75 Å². The van der Waals surface area contributed by atoms with Crippen LogP contribution in [-0.2, 0) is 4.79 Å². The van der Waals surface area contributed by atoms with Crippen molar-refractivity contribution in [3.63, 3.8) is 0 Å². The van der Waals surface area contributed by atoms with E-state index in [2.05, 4.69) is 10.5 Å². The Kier molecular flexibility index (Phi) is 4.68. The van der Waals surface area contributed by atoms with Crippen molar-refractivity contribution in [3.8, 4) is 5.75 Å². The molecular weight excluding hydrogens is 276 g/mol. The first-order chi connectivity index (χ1) is 9.58. The van der Waals surface area contributed by atoms with E-state index >= 15 is 0 Å². The molecule has 6 heteroatoms. The fraction of sp³-hybridized carbons (Fsp3) is 0.286. The number of methoxy groups -OCH3 is 1. The highest BCUT2D eigenvalue weighted by molar-refractivity contribution is 8.00. The monoisotopic (exact) mass is 292 g/mol. The Bertz CT molecular complexity index is 598. The Hall–Kier alpha value is -1.95. The molecule has 2 aromatic rings. The molecule has 1 amide bonds. The number of nitrogens with zero attached hydrogens (tertiary/aromatic N) is 1. The van der Waals surface area contributed by atoms with E-state index in [1.807, 2.05) is 31.2 Å². The Morgan fingerprint density at radius 1 is 1.45 bits per heavy atom. The van der Waals surface area contributed by atoms with Crippen molar-refractivity contribution in [2.24, 2.45) is 0 Å². The number of carbonyl (C=O) groups excluding carboxylic acids is 1. The number of benzene rings is 1. The Morgan fingerprint density at radius 2 is 2.25 bits per heavy atom. The predicted molar refractivity (Wildman–Crippen MR) is 78.2 cm³/mol. The molecule has 0 spiro atoms. The van der Waals surface area contributed by atoms with Crippen molar-refractivity contribution in [3.05, 3.63) is 36.0 Å². The van der Waals surface area contributed by atoms with Crippen molar-refractivity contribution in [1.29, 1.82) is 0 Å². The smallest absolute Gasteiger partial charge is 0.239 e. The maximum Gasteiger partial charge on any atom is 0.239 e. The summed E-state index contributed by atoms with van der Waals surface area (Å²) in [6, 6.07) is 9.28. The van der Waals surface area contributed by atoms with Gasteiger partial charge < -0.3 is 9.26 Å². The lowest BCUT2D eigenvalue weighted by Gasteiger charge is -2.10. The molecular formula is C14H16N2O3S. The van der Waals surface area contributed by atoms with Crippen LogP contribution in [0.1, 0.15) is 12.6 Å². The summed E-state index contributed by atoms with van der Waals surface area (Å²) in [5.74, 6) is 1.01. The van der Waals surface area contributed by atoms with Crippen LogP contribution in [0.25, 0.3) is 0 Å². The summed E-state index contributed by atoms with van der Waals surface area (Å²) in [7, 11) is 1.62. The zero-order valence-corrected chi connectivity index (χ0v) is 12.4. The first-order valence-corrected chi connectivity index (χ1v) is 7.01. The van der Waals surface area contributed by atoms with E-state index in [9.17, 15) is 4.79 Å². The van der Waals surface area contributed by atoms with Crippen molar-refractivity contribution in [1.82, 2.24) is 5.16 Å². The van der Waals surface area contributed by atoms with E-state index in [-0.39, 0.29) is 11.2 Å². The van der Waals surface area contributed by atoms with Gasteiger partial charge in [0.2, 0.25) is 11.8 Å². The highest BCUT2D eigenvalue weighted by atomic mass is 32.2. The summed E-state index contributed by atoms with van der Waals surface area (Å²) in [6.07, 6.45) is 0. The second kappa shape index (κ2) is 6.47. The van der Waals surface area contributed by atoms with Crippen molar-refractivity contribution in [2.75, 3.05) is 12.4 Å². The molecule has 0 aliphatic heterocycles. The van der Waals surface area contributed by atoms with E-state index in [1.165, 1.54) is 11.8 Å². The third-order valence-corrected chi connectivity index (χ3v) is 3.69. The number of amides is 1. The van der Waals surface area contributed by atoms with E-state index < -0.39 is 0 Å². The van der Waals surface area contributed by atoms with Gasteiger partial charge in [0, 0.05) is 11.0 Å². The van der Waals surface area contributed by atoms with Crippen LogP contribution in [0.15, 0.2) is 39.8 Å². The van der Waals surface area contributed by atoms with Crippen LogP contribution in [-0.4, -0.2) is 23.4 Å². The molecule has 5 nitrogen and oxygen atoms in total. The average Bonchev–Trinajstić information content (AvgIpc) is 2.84. The Morgan fingerprint density at radius 3 is 2.90 bits per heavy atom. The minimum absolute atomic E-state index is 0.131. The summed E-state index contributed by atoms with van der Waals surface area (Å²) in [4.78, 5) is 13.0. The molecule has 1 heterocycles. The van der Waals surface area contributed by atoms with Crippen LogP contribution >= 0.6 is 11.8 Å². The molecule has 0 aliphatic carbocycles. The molecule has 0 aliphatic rings. The summed E-state index contributed by atoms with van der Waals surface area (Å²) >= 11 is 1.45. The molecule has 106 valence electrons. The van der Waals surface area contributed by atoms with Gasteiger partial charge >= 0.3 is 0 Å². The van der Waals surface area contributed by atoms with Crippen LogP contribution in [0.4, 0.5) is 5.88 Å². The quantitative estimate of drug-likeness (QED) is 0.858. The lowest BCUT2D eigenvalue weighted by molar-refractivity contribution is -0.115. The summed E-state index contributed by atoms with van der Waals surface area (Å²) in [5, 5.41) is 6.16. The number of nitrogens with one attached hydrogen (secondary N) is 1. The van der Waals surface area contributed by atoms with Gasteiger partial charge in [0.25, 0.3) is 0 Å². The van der Waals surface area contributed by atoms with Gasteiger partial charge in [-0.3, -0.25) is 10.1 Å². The summed E-state index contributed by atoms with van der Waals surface area (Å²) < 4.78 is 10.1. The van der Waals surface area contributed by atoms with Crippen LogP contribution in [0, 0.1) is 6.92 Å². The van der Waals surface area contributed by atoms with Crippen LogP contribution < -0.4 is 10.1 Å². The zero-order valence-electron chi connectivity index (χ0n) is 11.5. The molecule has 1 aromatic carbocycles. The van der Waals surface area contributed by atoms with Gasteiger partial charge in [-0.25, -0.2) is 0 Å². The van der Waals surface area contributed by atoms with Gasteiger partial charge in [-0.1, -0.05) is 11.2 Å². The van der Waals surface area contributed by atoms with Crippen molar-refractivity contribution >= 4 is 23.6 Å². The molecule has 0 saturated heterocycles. The molecule has 2 rings (SSSR count). The first-order valence-electron chi connectivity index (χ1n) is 6.13. The minimum atomic E-state index is -0.257. The minimum Gasteiger partial charge on any atom is -0.497 e. The Labute approximate surface area is 121 Å². The largest absolute Gasteiger partial charge is 0.497 e. The first kappa shape index (κ1) is 14.5.